The van der Waals surface area contributed by atoms with Crippen LogP contribution < -0.4 is 14.5 Å². The number of aryl methyl sites for hydroxylation is 1. The largest absolute Gasteiger partial charge is 0.508 e. The first-order chi connectivity index (χ1) is 21.3. The van der Waals surface area contributed by atoms with Crippen LogP contribution in [0.5, 0.6) is 11.8 Å². The van der Waals surface area contributed by atoms with Crippen LogP contribution in [0, 0.1) is 17.7 Å². The quantitative estimate of drug-likeness (QED) is 0.416. The molecule has 1 aromatic heterocycles. The minimum absolute atomic E-state index is 0.147. The Kier molecular flexibility index (Phi) is 6.86. The van der Waals surface area contributed by atoms with Crippen molar-refractivity contribution in [1.29, 1.82) is 0 Å². The molecule has 5 heterocycles. The smallest absolute Gasteiger partial charge is 0.318 e. The summed E-state index contributed by atoms with van der Waals surface area (Å²) in [6, 6.07) is 6.96. The second kappa shape index (κ2) is 10.7. The normalized spacial score (nSPS) is 29.8. The molecule has 5 aliphatic rings. The van der Waals surface area contributed by atoms with Gasteiger partial charge < -0.3 is 24.7 Å². The van der Waals surface area contributed by atoms with Crippen LogP contribution in [0.25, 0.3) is 10.8 Å². The lowest BCUT2D eigenvalue weighted by Gasteiger charge is -2.34. The average molecular weight is 606 g/mol. The average Bonchev–Trinajstić information content (AvgIpc) is 3.74. The number of aromatic hydroxyl groups is 1. The molecule has 0 radical (unpaired) electrons. The number of aliphatic hydroxyl groups excluding tert-OH is 1. The van der Waals surface area contributed by atoms with E-state index in [1.165, 1.54) is 6.07 Å². The SMILES string of the molecule is CCc1c(F)ccc2cc(O)cc(N3CCc4c(nc(OC[C@@]56CCCN5C[C@H](F)C6)nc4N4C[C@H]5CC(O)C[C@H]5C4)C3)c12. The summed E-state index contributed by atoms with van der Waals surface area (Å²) >= 11 is 0. The van der Waals surface area contributed by atoms with E-state index in [4.69, 9.17) is 14.7 Å². The second-order valence-corrected chi connectivity index (χ2v) is 13.8. The van der Waals surface area contributed by atoms with Crippen molar-refractivity contribution in [3.63, 3.8) is 0 Å². The maximum Gasteiger partial charge on any atom is 0.318 e. The van der Waals surface area contributed by atoms with E-state index in [0.29, 0.717) is 68.9 Å². The second-order valence-electron chi connectivity index (χ2n) is 13.8. The summed E-state index contributed by atoms with van der Waals surface area (Å²) in [6.07, 6.45) is 4.30. The van der Waals surface area contributed by atoms with E-state index in [2.05, 4.69) is 14.7 Å². The van der Waals surface area contributed by atoms with Crippen LogP contribution in [0.15, 0.2) is 24.3 Å². The van der Waals surface area contributed by atoms with E-state index in [9.17, 15) is 19.0 Å². The highest BCUT2D eigenvalue weighted by atomic mass is 19.1. The molecule has 8 nitrogen and oxygen atoms in total. The minimum atomic E-state index is -0.832. The lowest BCUT2D eigenvalue weighted by atomic mass is 9.95. The van der Waals surface area contributed by atoms with Crippen molar-refractivity contribution >= 4 is 22.3 Å². The molecule has 3 saturated heterocycles. The number of halogens is 2. The number of phenols is 1. The third-order valence-electron chi connectivity index (χ3n) is 11.1. The van der Waals surface area contributed by atoms with Crippen LogP contribution in [0.3, 0.4) is 0 Å². The number of rotatable bonds is 6. The number of aromatic nitrogens is 2. The van der Waals surface area contributed by atoms with Crippen LogP contribution in [0.4, 0.5) is 20.3 Å². The van der Waals surface area contributed by atoms with E-state index in [1.54, 1.807) is 18.2 Å². The Morgan fingerprint density at radius 3 is 2.68 bits per heavy atom. The number of phenolic OH excluding ortho intramolecular Hbond substituents is 1. The van der Waals surface area contributed by atoms with Crippen molar-refractivity contribution in [2.75, 3.05) is 49.1 Å². The Labute approximate surface area is 256 Å². The molecule has 0 amide bonds. The summed E-state index contributed by atoms with van der Waals surface area (Å²) < 4.78 is 35.8. The number of nitrogens with zero attached hydrogens (tertiary/aromatic N) is 5. The zero-order valence-corrected chi connectivity index (χ0v) is 25.3. The molecule has 0 spiro atoms. The van der Waals surface area contributed by atoms with Gasteiger partial charge in [-0.2, -0.15) is 9.97 Å². The zero-order chi connectivity index (χ0) is 30.2. The van der Waals surface area contributed by atoms with Gasteiger partial charge in [-0.1, -0.05) is 13.0 Å². The topological polar surface area (TPSA) is 85.2 Å². The van der Waals surface area contributed by atoms with Gasteiger partial charge in [0.15, 0.2) is 0 Å². The minimum Gasteiger partial charge on any atom is -0.508 e. The third-order valence-corrected chi connectivity index (χ3v) is 11.1. The van der Waals surface area contributed by atoms with Crippen molar-refractivity contribution in [2.24, 2.45) is 11.8 Å². The molecule has 0 bridgehead atoms. The van der Waals surface area contributed by atoms with Gasteiger partial charge in [-0.3, -0.25) is 4.90 Å². The summed E-state index contributed by atoms with van der Waals surface area (Å²) in [5.41, 5.74) is 3.12. The number of hydrogen-bond acceptors (Lipinski definition) is 8. The maximum atomic E-state index is 15.0. The van der Waals surface area contributed by atoms with Crippen molar-refractivity contribution in [2.45, 2.75) is 76.2 Å². The van der Waals surface area contributed by atoms with Gasteiger partial charge in [0.2, 0.25) is 0 Å². The van der Waals surface area contributed by atoms with Crippen molar-refractivity contribution < 1.29 is 23.7 Å². The molecule has 3 aromatic rings. The van der Waals surface area contributed by atoms with E-state index in [-0.39, 0.29) is 23.2 Å². The van der Waals surface area contributed by atoms with Gasteiger partial charge in [0.05, 0.1) is 23.9 Å². The molecule has 2 N–H and O–H groups in total. The van der Waals surface area contributed by atoms with Crippen LogP contribution in [0.2, 0.25) is 0 Å². The Bertz CT molecular complexity index is 1590. The highest BCUT2D eigenvalue weighted by molar-refractivity contribution is 5.98. The monoisotopic (exact) mass is 605 g/mol. The molecule has 1 unspecified atom stereocenters. The Balaban J connectivity index is 1.15. The van der Waals surface area contributed by atoms with Crippen LogP contribution in [-0.4, -0.2) is 82.2 Å². The molecular formula is C34H41F2N5O3. The summed E-state index contributed by atoms with van der Waals surface area (Å²) in [4.78, 5) is 16.8. The number of aliphatic hydroxyl groups is 1. The third kappa shape index (κ3) is 4.67. The van der Waals surface area contributed by atoms with Crippen LogP contribution >= 0.6 is 0 Å². The highest BCUT2D eigenvalue weighted by Crippen LogP contribution is 2.44. The summed E-state index contributed by atoms with van der Waals surface area (Å²) in [6.45, 7) is 6.54. The fourth-order valence-electron chi connectivity index (χ4n) is 9.08. The highest BCUT2D eigenvalue weighted by Gasteiger charge is 2.49. The Hall–Kier alpha value is -3.24. The van der Waals surface area contributed by atoms with Crippen LogP contribution in [-0.2, 0) is 19.4 Å². The van der Waals surface area contributed by atoms with Crippen molar-refractivity contribution in [1.82, 2.24) is 14.9 Å². The molecular weight excluding hydrogens is 564 g/mol. The van der Waals surface area contributed by atoms with Gasteiger partial charge in [0.25, 0.3) is 0 Å². The Morgan fingerprint density at radius 2 is 1.89 bits per heavy atom. The van der Waals surface area contributed by atoms with Crippen molar-refractivity contribution in [3.05, 3.63) is 46.9 Å². The standard InChI is InChI=1S/C34H41F2N5O3/c1-2-26-28(36)5-4-20-10-25(43)13-30(31(20)26)39-9-6-27-29(18-39)37-33(44-19-34-7-3-8-41(34)17-23(35)14-34)38-32(27)40-15-21-11-24(42)12-22(21)16-40/h4-5,10,13,21-24,42-43H,2-3,6-9,11-12,14-19H2,1H3/t21-,22+,23-,24?,34+/m1/s1. The molecule has 1 aliphatic carbocycles. The van der Waals surface area contributed by atoms with Gasteiger partial charge >= 0.3 is 6.01 Å². The van der Waals surface area contributed by atoms with Gasteiger partial charge in [0, 0.05) is 55.3 Å². The van der Waals surface area contributed by atoms with E-state index in [0.717, 1.165) is 78.9 Å². The van der Waals surface area contributed by atoms with Gasteiger partial charge in [0.1, 0.15) is 30.2 Å². The first-order valence-electron chi connectivity index (χ1n) is 16.3. The van der Waals surface area contributed by atoms with E-state index < -0.39 is 6.17 Å². The fourth-order valence-corrected chi connectivity index (χ4v) is 9.08. The molecule has 234 valence electrons. The molecule has 4 aliphatic heterocycles. The van der Waals surface area contributed by atoms with E-state index in [1.807, 2.05) is 6.92 Å². The number of anilines is 2. The van der Waals surface area contributed by atoms with Crippen molar-refractivity contribution in [3.8, 4) is 11.8 Å². The number of ether oxygens (including phenoxy) is 1. The van der Waals surface area contributed by atoms with Gasteiger partial charge in [-0.05, 0) is 80.0 Å². The number of benzene rings is 2. The summed E-state index contributed by atoms with van der Waals surface area (Å²) in [5, 5.41) is 22.5. The van der Waals surface area contributed by atoms with Gasteiger partial charge in [-0.25, -0.2) is 8.78 Å². The summed E-state index contributed by atoms with van der Waals surface area (Å²) in [7, 11) is 0. The molecule has 4 fully saturated rings. The predicted molar refractivity (Wildman–Crippen MR) is 165 cm³/mol. The molecule has 1 saturated carbocycles. The number of alkyl halides is 1. The molecule has 5 atom stereocenters. The number of fused-ring (bicyclic) bond motifs is 4. The first-order valence-corrected chi connectivity index (χ1v) is 16.3. The predicted octanol–water partition coefficient (Wildman–Crippen LogP) is 4.76. The molecule has 8 rings (SSSR count). The van der Waals surface area contributed by atoms with Gasteiger partial charge in [-0.15, -0.1) is 0 Å². The molecule has 44 heavy (non-hydrogen) atoms. The number of hydrogen-bond donors (Lipinski definition) is 2. The lowest BCUT2D eigenvalue weighted by Crippen LogP contribution is -2.43. The lowest BCUT2D eigenvalue weighted by molar-refractivity contribution is 0.107. The summed E-state index contributed by atoms with van der Waals surface area (Å²) in [5.74, 6) is 1.72. The molecule has 10 heteroatoms. The van der Waals surface area contributed by atoms with Crippen LogP contribution in [0.1, 0.15) is 55.8 Å². The first kappa shape index (κ1) is 28.2. The zero-order valence-electron chi connectivity index (χ0n) is 25.3. The molecule has 2 aromatic carbocycles. The van der Waals surface area contributed by atoms with E-state index >= 15 is 0 Å². The maximum absolute atomic E-state index is 15.0. The Morgan fingerprint density at radius 1 is 1.07 bits per heavy atom. The fraction of sp³-hybridized carbons (Fsp3) is 0.588.